The van der Waals surface area contributed by atoms with E-state index in [1.165, 1.54) is 5.56 Å². The van der Waals surface area contributed by atoms with Crippen molar-refractivity contribution in [3.05, 3.63) is 52.0 Å². The summed E-state index contributed by atoms with van der Waals surface area (Å²) in [5.74, 6) is -0.167. The van der Waals surface area contributed by atoms with Gasteiger partial charge in [-0.3, -0.25) is 4.79 Å². The summed E-state index contributed by atoms with van der Waals surface area (Å²) in [6.45, 7) is 2.08. The van der Waals surface area contributed by atoms with Crippen LogP contribution in [-0.4, -0.2) is 16.3 Å². The van der Waals surface area contributed by atoms with Crippen LogP contribution in [0.3, 0.4) is 0 Å². The molecule has 5 heteroatoms. The second-order valence-corrected chi connectivity index (χ2v) is 5.83. The minimum atomic E-state index is -0.512. The summed E-state index contributed by atoms with van der Waals surface area (Å²) >= 11 is 7.29. The number of nitrogens with one attached hydrogen (secondary N) is 1. The quantitative estimate of drug-likeness (QED) is 0.862. The molecule has 1 heterocycles. The molecule has 0 aliphatic rings. The standard InChI is InChI=1S/C14H15ClN2OS/c1-10(15)14(18)16-8-12-9-19-13(17-12)7-11-5-3-2-4-6-11/h2-6,9-10H,7-8H2,1H3,(H,16,18). The average Bonchev–Trinajstić information content (AvgIpc) is 2.84. The molecule has 1 amide bonds. The molecular formula is C14H15ClN2OS. The Morgan fingerprint density at radius 2 is 2.16 bits per heavy atom. The van der Waals surface area contributed by atoms with E-state index in [2.05, 4.69) is 22.4 Å². The van der Waals surface area contributed by atoms with E-state index >= 15 is 0 Å². The molecule has 0 saturated carbocycles. The van der Waals surface area contributed by atoms with Crippen LogP contribution in [0.4, 0.5) is 0 Å². The summed E-state index contributed by atoms with van der Waals surface area (Å²) in [6, 6.07) is 10.2. The number of hydrogen-bond donors (Lipinski definition) is 1. The second-order valence-electron chi connectivity index (χ2n) is 4.23. The predicted molar refractivity (Wildman–Crippen MR) is 78.5 cm³/mol. The lowest BCUT2D eigenvalue weighted by atomic mass is 10.2. The zero-order chi connectivity index (χ0) is 13.7. The minimum absolute atomic E-state index is 0.167. The number of nitrogens with zero attached hydrogens (tertiary/aromatic N) is 1. The fraction of sp³-hybridized carbons (Fsp3) is 0.286. The Morgan fingerprint density at radius 3 is 2.84 bits per heavy atom. The van der Waals surface area contributed by atoms with Crippen LogP contribution in [0.5, 0.6) is 0 Å². The molecule has 0 spiro atoms. The first kappa shape index (κ1) is 14.0. The molecule has 0 fully saturated rings. The van der Waals surface area contributed by atoms with Gasteiger partial charge in [-0.15, -0.1) is 22.9 Å². The van der Waals surface area contributed by atoms with E-state index in [9.17, 15) is 4.79 Å². The van der Waals surface area contributed by atoms with Gasteiger partial charge in [0.1, 0.15) is 5.38 Å². The number of amides is 1. The third-order valence-corrected chi connectivity index (χ3v) is 3.70. The molecule has 0 aliphatic heterocycles. The number of benzene rings is 1. The summed E-state index contributed by atoms with van der Waals surface area (Å²) < 4.78 is 0. The fourth-order valence-corrected chi connectivity index (χ4v) is 2.51. The van der Waals surface area contributed by atoms with E-state index in [0.29, 0.717) is 6.54 Å². The lowest BCUT2D eigenvalue weighted by molar-refractivity contribution is -0.120. The molecule has 100 valence electrons. The summed E-state index contributed by atoms with van der Waals surface area (Å²) in [5.41, 5.74) is 2.11. The molecule has 1 atom stereocenters. The number of thiazole rings is 1. The number of halogens is 1. The Bertz CT molecular complexity index is 539. The van der Waals surface area contributed by atoms with Crippen LogP contribution in [0.15, 0.2) is 35.7 Å². The van der Waals surface area contributed by atoms with Crippen LogP contribution in [0.1, 0.15) is 23.2 Å². The van der Waals surface area contributed by atoms with Crippen molar-refractivity contribution in [3.63, 3.8) is 0 Å². The Kier molecular flexibility index (Phi) is 4.93. The lowest BCUT2D eigenvalue weighted by Crippen LogP contribution is -2.29. The van der Waals surface area contributed by atoms with Gasteiger partial charge in [-0.2, -0.15) is 0 Å². The SMILES string of the molecule is CC(Cl)C(=O)NCc1csc(Cc2ccccc2)n1. The molecule has 3 nitrogen and oxygen atoms in total. The third-order valence-electron chi connectivity index (χ3n) is 2.60. The van der Waals surface area contributed by atoms with Gasteiger partial charge in [0.05, 0.1) is 17.2 Å². The first-order chi connectivity index (χ1) is 9.15. The van der Waals surface area contributed by atoms with Crippen molar-refractivity contribution in [2.45, 2.75) is 25.3 Å². The van der Waals surface area contributed by atoms with Crippen molar-refractivity contribution in [1.82, 2.24) is 10.3 Å². The van der Waals surface area contributed by atoms with Crippen LogP contribution < -0.4 is 5.32 Å². The van der Waals surface area contributed by atoms with Gasteiger partial charge >= 0.3 is 0 Å². The average molecular weight is 295 g/mol. The minimum Gasteiger partial charge on any atom is -0.349 e. The molecule has 19 heavy (non-hydrogen) atoms. The number of rotatable bonds is 5. The summed E-state index contributed by atoms with van der Waals surface area (Å²) in [7, 11) is 0. The van der Waals surface area contributed by atoms with Crippen LogP contribution in [-0.2, 0) is 17.8 Å². The van der Waals surface area contributed by atoms with Crippen molar-refractivity contribution in [2.75, 3.05) is 0 Å². The van der Waals surface area contributed by atoms with Crippen molar-refractivity contribution in [1.29, 1.82) is 0 Å². The number of hydrogen-bond acceptors (Lipinski definition) is 3. The van der Waals surface area contributed by atoms with E-state index in [1.807, 2.05) is 23.6 Å². The van der Waals surface area contributed by atoms with Crippen molar-refractivity contribution in [3.8, 4) is 0 Å². The molecule has 0 aliphatic carbocycles. The number of alkyl halides is 1. The molecule has 2 aromatic rings. The van der Waals surface area contributed by atoms with E-state index < -0.39 is 5.38 Å². The normalized spacial score (nSPS) is 12.1. The van der Waals surface area contributed by atoms with E-state index in [4.69, 9.17) is 11.6 Å². The topological polar surface area (TPSA) is 42.0 Å². The third kappa shape index (κ3) is 4.33. The molecule has 1 aromatic heterocycles. The smallest absolute Gasteiger partial charge is 0.238 e. The first-order valence-electron chi connectivity index (χ1n) is 6.04. The maximum atomic E-state index is 11.3. The zero-order valence-corrected chi connectivity index (χ0v) is 12.2. The van der Waals surface area contributed by atoms with Gasteiger partial charge in [0.25, 0.3) is 0 Å². The molecule has 0 radical (unpaired) electrons. The maximum Gasteiger partial charge on any atom is 0.238 e. The van der Waals surface area contributed by atoms with Crippen molar-refractivity contribution < 1.29 is 4.79 Å². The van der Waals surface area contributed by atoms with Gasteiger partial charge in [-0.25, -0.2) is 4.98 Å². The molecule has 0 bridgehead atoms. The van der Waals surface area contributed by atoms with Crippen molar-refractivity contribution in [2.24, 2.45) is 0 Å². The second kappa shape index (κ2) is 6.68. The van der Waals surface area contributed by atoms with Gasteiger partial charge < -0.3 is 5.32 Å². The first-order valence-corrected chi connectivity index (χ1v) is 7.36. The van der Waals surface area contributed by atoms with Gasteiger partial charge in [0, 0.05) is 11.8 Å². The number of aromatic nitrogens is 1. The number of carbonyl (C=O) groups is 1. The van der Waals surface area contributed by atoms with Gasteiger partial charge in [0.15, 0.2) is 0 Å². The fourth-order valence-electron chi connectivity index (χ4n) is 1.60. The summed E-state index contributed by atoms with van der Waals surface area (Å²) in [6.07, 6.45) is 0.825. The van der Waals surface area contributed by atoms with Crippen LogP contribution in [0.25, 0.3) is 0 Å². The Morgan fingerprint density at radius 1 is 1.42 bits per heavy atom. The van der Waals surface area contributed by atoms with Crippen molar-refractivity contribution >= 4 is 28.8 Å². The monoisotopic (exact) mass is 294 g/mol. The number of carbonyl (C=O) groups excluding carboxylic acids is 1. The highest BCUT2D eigenvalue weighted by molar-refractivity contribution is 7.09. The largest absolute Gasteiger partial charge is 0.349 e. The summed E-state index contributed by atoms with van der Waals surface area (Å²) in [4.78, 5) is 15.8. The molecule has 2 rings (SSSR count). The molecule has 1 aromatic carbocycles. The predicted octanol–water partition coefficient (Wildman–Crippen LogP) is 2.98. The lowest BCUT2D eigenvalue weighted by Gasteiger charge is -2.03. The van der Waals surface area contributed by atoms with Crippen LogP contribution >= 0.6 is 22.9 Å². The van der Waals surface area contributed by atoms with E-state index in [0.717, 1.165) is 17.1 Å². The van der Waals surface area contributed by atoms with E-state index in [-0.39, 0.29) is 5.91 Å². The highest BCUT2D eigenvalue weighted by Crippen LogP contribution is 2.14. The van der Waals surface area contributed by atoms with Crippen LogP contribution in [0.2, 0.25) is 0 Å². The molecular weight excluding hydrogens is 280 g/mol. The maximum absolute atomic E-state index is 11.3. The Balaban J connectivity index is 1.91. The van der Waals surface area contributed by atoms with Gasteiger partial charge in [-0.1, -0.05) is 30.3 Å². The molecule has 0 saturated heterocycles. The highest BCUT2D eigenvalue weighted by Gasteiger charge is 2.09. The zero-order valence-electron chi connectivity index (χ0n) is 10.6. The van der Waals surface area contributed by atoms with Gasteiger partial charge in [-0.05, 0) is 12.5 Å². The van der Waals surface area contributed by atoms with E-state index in [1.54, 1.807) is 18.3 Å². The molecule has 1 unspecified atom stereocenters. The summed E-state index contributed by atoms with van der Waals surface area (Å²) in [5, 5.41) is 5.26. The van der Waals surface area contributed by atoms with Crippen LogP contribution in [0, 0.1) is 0 Å². The highest BCUT2D eigenvalue weighted by atomic mass is 35.5. The molecule has 1 N–H and O–H groups in total. The Labute approximate surface area is 121 Å². The Hall–Kier alpha value is -1.39. The van der Waals surface area contributed by atoms with Gasteiger partial charge in [0.2, 0.25) is 5.91 Å².